The fourth-order valence-corrected chi connectivity index (χ4v) is 1.75. The summed E-state index contributed by atoms with van der Waals surface area (Å²) >= 11 is 0. The largest absolute Gasteiger partial charge is 0.245 e. The van der Waals surface area contributed by atoms with Crippen LogP contribution in [0.5, 0.6) is 0 Å². The number of hydrogen-bond acceptors (Lipinski definition) is 2. The summed E-state index contributed by atoms with van der Waals surface area (Å²) < 4.78 is 0. The van der Waals surface area contributed by atoms with Crippen molar-refractivity contribution in [3.8, 4) is 0 Å². The van der Waals surface area contributed by atoms with Gasteiger partial charge in [-0.1, -0.05) is 19.8 Å². The van der Waals surface area contributed by atoms with Crippen LogP contribution in [0.3, 0.4) is 0 Å². The van der Waals surface area contributed by atoms with Crippen molar-refractivity contribution < 1.29 is 0 Å². The van der Waals surface area contributed by atoms with Crippen LogP contribution >= 0.6 is 0 Å². The lowest BCUT2D eigenvalue weighted by Gasteiger charge is -2.34. The van der Waals surface area contributed by atoms with Crippen LogP contribution in [0.2, 0.25) is 0 Å². The molecule has 0 amide bonds. The lowest BCUT2D eigenvalue weighted by Crippen LogP contribution is -2.43. The van der Waals surface area contributed by atoms with Crippen LogP contribution in [0.1, 0.15) is 39.0 Å². The summed E-state index contributed by atoms with van der Waals surface area (Å²) in [4.78, 5) is 0. The van der Waals surface area contributed by atoms with Crippen molar-refractivity contribution in [3.05, 3.63) is 0 Å². The van der Waals surface area contributed by atoms with Gasteiger partial charge in [-0.3, -0.25) is 0 Å². The van der Waals surface area contributed by atoms with E-state index in [0.717, 1.165) is 0 Å². The molecule has 0 aromatic carbocycles. The van der Waals surface area contributed by atoms with Gasteiger partial charge in [0.25, 0.3) is 0 Å². The molecule has 0 spiro atoms. The van der Waals surface area contributed by atoms with Gasteiger partial charge < -0.3 is 0 Å². The fraction of sp³-hybridized carbons (Fsp3) is 1.00. The summed E-state index contributed by atoms with van der Waals surface area (Å²) in [5.74, 6) is 0. The molecule has 2 nitrogen and oxygen atoms in total. The molecule has 0 N–H and O–H groups in total. The van der Waals surface area contributed by atoms with Crippen LogP contribution in [0.15, 0.2) is 0 Å². The maximum absolute atomic E-state index is 2.50. The number of unbranched alkanes of at least 4 members (excludes halogenated alkanes) is 1. The topological polar surface area (TPSA) is 6.48 Å². The van der Waals surface area contributed by atoms with Gasteiger partial charge in [-0.05, 0) is 19.3 Å². The summed E-state index contributed by atoms with van der Waals surface area (Å²) in [7, 11) is 2.22. The predicted molar refractivity (Wildman–Crippen MR) is 53.0 cm³/mol. The van der Waals surface area contributed by atoms with Gasteiger partial charge >= 0.3 is 0 Å². The fourth-order valence-electron chi connectivity index (χ4n) is 1.75. The third-order valence-electron chi connectivity index (χ3n) is 2.65. The van der Waals surface area contributed by atoms with Crippen molar-refractivity contribution in [1.82, 2.24) is 10.0 Å². The van der Waals surface area contributed by atoms with Gasteiger partial charge in [0.2, 0.25) is 0 Å². The minimum absolute atomic E-state index is 1.23. The van der Waals surface area contributed by atoms with E-state index in [4.69, 9.17) is 0 Å². The predicted octanol–water partition coefficient (Wildman–Crippen LogP) is 2.12. The van der Waals surface area contributed by atoms with Gasteiger partial charge in [0.1, 0.15) is 0 Å². The lowest BCUT2D eigenvalue weighted by atomic mass is 10.2. The van der Waals surface area contributed by atoms with Crippen LogP contribution in [0, 0.1) is 0 Å². The van der Waals surface area contributed by atoms with E-state index in [-0.39, 0.29) is 0 Å². The highest BCUT2D eigenvalue weighted by atomic mass is 15.6. The van der Waals surface area contributed by atoms with Gasteiger partial charge in [-0.15, -0.1) is 0 Å². The van der Waals surface area contributed by atoms with Crippen LogP contribution < -0.4 is 0 Å². The monoisotopic (exact) mass is 170 g/mol. The van der Waals surface area contributed by atoms with E-state index in [1.54, 1.807) is 0 Å². The molecule has 1 aliphatic rings. The number of hydrazine groups is 1. The number of piperidine rings is 1. The minimum atomic E-state index is 1.23. The number of hydrogen-bond donors (Lipinski definition) is 0. The summed E-state index contributed by atoms with van der Waals surface area (Å²) in [6.45, 7) is 6.04. The van der Waals surface area contributed by atoms with Gasteiger partial charge in [-0.25, -0.2) is 10.0 Å². The zero-order valence-electron chi connectivity index (χ0n) is 8.55. The smallest absolute Gasteiger partial charge is 0.0133 e. The van der Waals surface area contributed by atoms with Gasteiger partial charge in [0.05, 0.1) is 0 Å². The summed E-state index contributed by atoms with van der Waals surface area (Å²) in [5, 5.41) is 4.90. The Morgan fingerprint density at radius 1 is 1.17 bits per heavy atom. The molecule has 1 aliphatic heterocycles. The van der Waals surface area contributed by atoms with Gasteiger partial charge in [-0.2, -0.15) is 0 Å². The molecule has 0 aliphatic carbocycles. The molecule has 0 unspecified atom stereocenters. The molecule has 0 atom stereocenters. The van der Waals surface area contributed by atoms with Crippen LogP contribution in [-0.2, 0) is 0 Å². The van der Waals surface area contributed by atoms with Crippen molar-refractivity contribution in [1.29, 1.82) is 0 Å². The molecule has 0 bridgehead atoms. The van der Waals surface area contributed by atoms with Gasteiger partial charge in [0, 0.05) is 26.7 Å². The highest BCUT2D eigenvalue weighted by molar-refractivity contribution is 4.61. The highest BCUT2D eigenvalue weighted by Gasteiger charge is 2.13. The Morgan fingerprint density at radius 3 is 2.42 bits per heavy atom. The molecule has 2 heteroatoms. The second kappa shape index (κ2) is 5.55. The molecule has 0 aromatic heterocycles. The minimum Gasteiger partial charge on any atom is -0.245 e. The molecule has 0 saturated carbocycles. The van der Waals surface area contributed by atoms with Crippen LogP contribution in [-0.4, -0.2) is 36.7 Å². The molecular formula is C10H22N2. The molecule has 0 aromatic rings. The zero-order chi connectivity index (χ0) is 8.81. The molecule has 72 valence electrons. The summed E-state index contributed by atoms with van der Waals surface area (Å²) in [6.07, 6.45) is 6.83. The van der Waals surface area contributed by atoms with E-state index in [2.05, 4.69) is 24.0 Å². The Kier molecular flexibility index (Phi) is 4.62. The average Bonchev–Trinajstić information content (AvgIpc) is 2.15. The van der Waals surface area contributed by atoms with Crippen molar-refractivity contribution in [2.45, 2.75) is 39.0 Å². The van der Waals surface area contributed by atoms with Crippen molar-refractivity contribution in [2.75, 3.05) is 26.7 Å². The Labute approximate surface area is 76.5 Å². The molecule has 0 radical (unpaired) electrons. The van der Waals surface area contributed by atoms with Crippen LogP contribution in [0.25, 0.3) is 0 Å². The Bertz CT molecular complexity index is 108. The third-order valence-corrected chi connectivity index (χ3v) is 2.65. The Balaban J connectivity index is 2.15. The summed E-state index contributed by atoms with van der Waals surface area (Å²) in [5.41, 5.74) is 0. The van der Waals surface area contributed by atoms with E-state index in [1.807, 2.05) is 0 Å². The first-order valence-electron chi connectivity index (χ1n) is 5.30. The average molecular weight is 170 g/mol. The van der Waals surface area contributed by atoms with Crippen molar-refractivity contribution in [2.24, 2.45) is 0 Å². The maximum atomic E-state index is 2.50. The van der Waals surface area contributed by atoms with E-state index in [9.17, 15) is 0 Å². The summed E-state index contributed by atoms with van der Waals surface area (Å²) in [6, 6.07) is 0. The maximum Gasteiger partial charge on any atom is 0.0133 e. The standard InChI is InChI=1S/C10H22N2/c1-3-4-8-11(2)12-9-6-5-7-10-12/h3-10H2,1-2H3. The molecule has 12 heavy (non-hydrogen) atoms. The van der Waals surface area contributed by atoms with E-state index in [0.29, 0.717) is 0 Å². The number of rotatable bonds is 4. The first kappa shape index (κ1) is 10.0. The molecular weight excluding hydrogens is 148 g/mol. The lowest BCUT2D eigenvalue weighted by molar-refractivity contribution is -0.0170. The number of nitrogens with zero attached hydrogens (tertiary/aromatic N) is 2. The van der Waals surface area contributed by atoms with Gasteiger partial charge in [0.15, 0.2) is 0 Å². The molecule has 1 fully saturated rings. The first-order chi connectivity index (χ1) is 5.84. The quantitative estimate of drug-likeness (QED) is 0.637. The van der Waals surface area contributed by atoms with E-state index in [1.165, 1.54) is 51.7 Å². The van der Waals surface area contributed by atoms with E-state index < -0.39 is 0 Å². The Hall–Kier alpha value is -0.0800. The van der Waals surface area contributed by atoms with Crippen LogP contribution in [0.4, 0.5) is 0 Å². The molecule has 1 saturated heterocycles. The SMILES string of the molecule is CCCCN(C)N1CCCCC1. The molecule has 1 heterocycles. The highest BCUT2D eigenvalue weighted by Crippen LogP contribution is 2.10. The van der Waals surface area contributed by atoms with Crippen molar-refractivity contribution >= 4 is 0 Å². The third kappa shape index (κ3) is 3.11. The second-order valence-electron chi connectivity index (χ2n) is 3.75. The Morgan fingerprint density at radius 2 is 1.83 bits per heavy atom. The van der Waals surface area contributed by atoms with E-state index >= 15 is 0 Å². The van der Waals surface area contributed by atoms with Crippen molar-refractivity contribution in [3.63, 3.8) is 0 Å². The second-order valence-corrected chi connectivity index (χ2v) is 3.75. The molecule has 1 rings (SSSR count). The zero-order valence-corrected chi connectivity index (χ0v) is 8.55. The first-order valence-corrected chi connectivity index (χ1v) is 5.30. The normalized spacial score (nSPS) is 20.2.